The minimum atomic E-state index is -0.415. The molecule has 2 amide bonds. The molecule has 9 heteroatoms. The van der Waals surface area contributed by atoms with Crippen LogP contribution in [0.1, 0.15) is 28.1 Å². The number of rotatable bonds is 5. The van der Waals surface area contributed by atoms with Crippen LogP contribution in [-0.2, 0) is 11.3 Å². The molecular formula is C24H20BrN3O4S. The van der Waals surface area contributed by atoms with Crippen molar-refractivity contribution in [2.45, 2.75) is 27.3 Å². The van der Waals surface area contributed by atoms with Gasteiger partial charge in [-0.25, -0.2) is 0 Å². The summed E-state index contributed by atoms with van der Waals surface area (Å²) in [6.07, 6.45) is 1.74. The van der Waals surface area contributed by atoms with Gasteiger partial charge in [0, 0.05) is 33.7 Å². The molecule has 1 aliphatic rings. The average molecular weight is 526 g/mol. The van der Waals surface area contributed by atoms with Crippen LogP contribution < -0.4 is 0 Å². The molecule has 33 heavy (non-hydrogen) atoms. The van der Waals surface area contributed by atoms with Crippen LogP contribution in [0.4, 0.5) is 10.5 Å². The maximum atomic E-state index is 13.0. The smallest absolute Gasteiger partial charge is 0.293 e. The van der Waals surface area contributed by atoms with Gasteiger partial charge in [-0.2, -0.15) is 0 Å². The fraction of sp³-hybridized carbons (Fsp3) is 0.167. The van der Waals surface area contributed by atoms with Gasteiger partial charge in [0.15, 0.2) is 0 Å². The maximum Gasteiger partial charge on any atom is 0.293 e. The average Bonchev–Trinajstić information content (AvgIpc) is 3.19. The van der Waals surface area contributed by atoms with Crippen molar-refractivity contribution in [2.24, 2.45) is 0 Å². The van der Waals surface area contributed by atoms with Gasteiger partial charge in [-0.15, -0.1) is 0 Å². The molecule has 1 saturated heterocycles. The number of hydrogen-bond acceptors (Lipinski definition) is 5. The highest BCUT2D eigenvalue weighted by Crippen LogP contribution is 2.35. The highest BCUT2D eigenvalue weighted by Gasteiger charge is 2.35. The number of imide groups is 1. The van der Waals surface area contributed by atoms with E-state index in [-0.39, 0.29) is 23.4 Å². The summed E-state index contributed by atoms with van der Waals surface area (Å²) in [6.45, 7) is 5.88. The number of amides is 2. The Balaban J connectivity index is 1.65. The van der Waals surface area contributed by atoms with Gasteiger partial charge >= 0.3 is 0 Å². The number of carbonyl (C=O) groups excluding carboxylic acids is 2. The fourth-order valence-corrected chi connectivity index (χ4v) is 5.12. The second-order valence-corrected chi connectivity index (χ2v) is 9.60. The second kappa shape index (κ2) is 8.99. The number of benzene rings is 2. The first-order valence-corrected chi connectivity index (χ1v) is 11.7. The van der Waals surface area contributed by atoms with Crippen LogP contribution in [0.3, 0.4) is 0 Å². The van der Waals surface area contributed by atoms with Crippen molar-refractivity contribution >= 4 is 50.6 Å². The molecule has 0 aliphatic carbocycles. The van der Waals surface area contributed by atoms with Gasteiger partial charge in [-0.1, -0.05) is 34.1 Å². The van der Waals surface area contributed by atoms with Crippen molar-refractivity contribution in [3.8, 4) is 5.69 Å². The predicted molar refractivity (Wildman–Crippen MR) is 132 cm³/mol. The van der Waals surface area contributed by atoms with Crippen LogP contribution in [0.15, 0.2) is 57.9 Å². The molecule has 7 nitrogen and oxygen atoms in total. The van der Waals surface area contributed by atoms with Gasteiger partial charge in [0.1, 0.15) is 0 Å². The van der Waals surface area contributed by atoms with E-state index in [9.17, 15) is 19.7 Å². The number of thioether (sulfide) groups is 1. The lowest BCUT2D eigenvalue weighted by Crippen LogP contribution is -2.27. The van der Waals surface area contributed by atoms with E-state index < -0.39 is 4.92 Å². The summed E-state index contributed by atoms with van der Waals surface area (Å²) in [5, 5.41) is 10.8. The molecule has 2 heterocycles. The summed E-state index contributed by atoms with van der Waals surface area (Å²) in [6, 6.07) is 14.2. The first-order chi connectivity index (χ1) is 15.7. The highest BCUT2D eigenvalue weighted by atomic mass is 79.9. The topological polar surface area (TPSA) is 85.4 Å². The first-order valence-electron chi connectivity index (χ1n) is 10.1. The van der Waals surface area contributed by atoms with Gasteiger partial charge in [0.25, 0.3) is 16.8 Å². The molecule has 1 fully saturated rings. The Hall–Kier alpha value is -3.17. The Morgan fingerprint density at radius 2 is 1.82 bits per heavy atom. The number of halogens is 1. The SMILES string of the molecule is Cc1cc([N+](=O)[O-])ccc1-n1c(C)cc(/C=C2\SC(=O)N(Cc3ccccc3Br)C2=O)c1C. The molecule has 0 N–H and O–H groups in total. The van der Waals surface area contributed by atoms with Gasteiger partial charge in [-0.05, 0) is 73.5 Å². The molecule has 168 valence electrons. The Bertz CT molecular complexity index is 1350. The summed E-state index contributed by atoms with van der Waals surface area (Å²) in [5.74, 6) is -0.322. The zero-order valence-electron chi connectivity index (χ0n) is 18.2. The Morgan fingerprint density at radius 3 is 2.48 bits per heavy atom. The van der Waals surface area contributed by atoms with E-state index in [1.165, 1.54) is 11.0 Å². The van der Waals surface area contributed by atoms with Crippen LogP contribution in [-0.4, -0.2) is 25.5 Å². The van der Waals surface area contributed by atoms with Crippen LogP contribution in [0.5, 0.6) is 0 Å². The van der Waals surface area contributed by atoms with Crippen LogP contribution >= 0.6 is 27.7 Å². The molecule has 4 rings (SSSR count). The van der Waals surface area contributed by atoms with E-state index in [2.05, 4.69) is 15.9 Å². The van der Waals surface area contributed by atoms with E-state index >= 15 is 0 Å². The molecule has 0 atom stereocenters. The Labute approximate surface area is 203 Å². The van der Waals surface area contributed by atoms with Gasteiger partial charge in [0.2, 0.25) is 0 Å². The van der Waals surface area contributed by atoms with Crippen molar-refractivity contribution in [2.75, 3.05) is 0 Å². The minimum Gasteiger partial charge on any atom is -0.318 e. The molecule has 3 aromatic rings. The van der Waals surface area contributed by atoms with Crippen molar-refractivity contribution in [3.63, 3.8) is 0 Å². The van der Waals surface area contributed by atoms with E-state index in [1.807, 2.05) is 55.7 Å². The lowest BCUT2D eigenvalue weighted by Gasteiger charge is -2.13. The molecule has 0 unspecified atom stereocenters. The third-order valence-electron chi connectivity index (χ3n) is 5.55. The van der Waals surface area contributed by atoms with E-state index in [0.717, 1.165) is 50.0 Å². The molecule has 1 aromatic heterocycles. The first kappa shape index (κ1) is 23.0. The normalized spacial score (nSPS) is 15.0. The van der Waals surface area contributed by atoms with Crippen molar-refractivity contribution in [3.05, 3.63) is 96.1 Å². The number of aromatic nitrogens is 1. The van der Waals surface area contributed by atoms with Gasteiger partial charge < -0.3 is 4.57 Å². The van der Waals surface area contributed by atoms with Gasteiger partial charge in [-0.3, -0.25) is 24.6 Å². The van der Waals surface area contributed by atoms with E-state index in [1.54, 1.807) is 18.2 Å². The summed E-state index contributed by atoms with van der Waals surface area (Å²) < 4.78 is 2.84. The summed E-state index contributed by atoms with van der Waals surface area (Å²) in [4.78, 5) is 37.8. The quantitative estimate of drug-likeness (QED) is 0.221. The number of non-ortho nitro benzene ring substituents is 1. The van der Waals surface area contributed by atoms with Crippen LogP contribution in [0, 0.1) is 30.9 Å². The predicted octanol–water partition coefficient (Wildman–Crippen LogP) is 6.31. The summed E-state index contributed by atoms with van der Waals surface area (Å²) >= 11 is 4.39. The number of nitro groups is 1. The fourth-order valence-electron chi connectivity index (χ4n) is 3.88. The number of nitro benzene ring substituents is 1. The monoisotopic (exact) mass is 525 g/mol. The lowest BCUT2D eigenvalue weighted by molar-refractivity contribution is -0.384. The zero-order valence-corrected chi connectivity index (χ0v) is 20.6. The second-order valence-electron chi connectivity index (χ2n) is 7.75. The number of aryl methyl sites for hydroxylation is 2. The molecule has 2 aromatic carbocycles. The summed E-state index contributed by atoms with van der Waals surface area (Å²) in [5.41, 5.74) is 5.11. The third-order valence-corrected chi connectivity index (χ3v) is 7.23. The minimum absolute atomic E-state index is 0.0395. The van der Waals surface area contributed by atoms with Crippen LogP contribution in [0.25, 0.3) is 11.8 Å². The van der Waals surface area contributed by atoms with Crippen molar-refractivity contribution in [1.29, 1.82) is 0 Å². The van der Waals surface area contributed by atoms with Crippen molar-refractivity contribution in [1.82, 2.24) is 9.47 Å². The summed E-state index contributed by atoms with van der Waals surface area (Å²) in [7, 11) is 0. The van der Waals surface area contributed by atoms with Crippen LogP contribution in [0.2, 0.25) is 0 Å². The Morgan fingerprint density at radius 1 is 1.09 bits per heavy atom. The zero-order chi connectivity index (χ0) is 23.9. The lowest BCUT2D eigenvalue weighted by atomic mass is 10.1. The molecule has 0 bridgehead atoms. The molecular weight excluding hydrogens is 506 g/mol. The molecule has 1 aliphatic heterocycles. The number of nitrogens with zero attached hydrogens (tertiary/aromatic N) is 3. The Kier molecular flexibility index (Phi) is 6.27. The largest absolute Gasteiger partial charge is 0.318 e. The molecule has 0 saturated carbocycles. The van der Waals surface area contributed by atoms with E-state index in [0.29, 0.717) is 4.91 Å². The molecule has 0 spiro atoms. The van der Waals surface area contributed by atoms with E-state index in [4.69, 9.17) is 0 Å². The van der Waals surface area contributed by atoms with Crippen molar-refractivity contribution < 1.29 is 14.5 Å². The maximum absolute atomic E-state index is 13.0. The highest BCUT2D eigenvalue weighted by molar-refractivity contribution is 9.10. The standard InChI is InChI=1S/C24H20BrN3O4S/c1-14-10-19(28(31)32)8-9-21(14)27-15(2)11-18(16(27)3)12-22-23(29)26(24(30)33-22)13-17-6-4-5-7-20(17)25/h4-12H,13H2,1-3H3/b22-12-. The third kappa shape index (κ3) is 4.38. The number of carbonyl (C=O) groups is 2. The number of hydrogen-bond donors (Lipinski definition) is 0. The molecule has 0 radical (unpaired) electrons. The van der Waals surface area contributed by atoms with Gasteiger partial charge in [0.05, 0.1) is 16.4 Å².